The van der Waals surface area contributed by atoms with Crippen LogP contribution in [0, 0.1) is 19.7 Å². The Hall–Kier alpha value is -3.12. The molecule has 34 heavy (non-hydrogen) atoms. The van der Waals surface area contributed by atoms with E-state index in [2.05, 4.69) is 10.3 Å². The largest absolute Gasteiger partial charge is 0.490 e. The molecule has 0 spiro atoms. The van der Waals surface area contributed by atoms with Crippen LogP contribution >= 0.6 is 11.6 Å². The second-order valence-corrected chi connectivity index (χ2v) is 7.61. The summed E-state index contributed by atoms with van der Waals surface area (Å²) in [7, 11) is 0. The molecule has 3 rings (SSSR count). The molecular formula is C21H22ClF4N3O5. The average Bonchev–Trinajstić information content (AvgIpc) is 2.72. The zero-order chi connectivity index (χ0) is 25.5. The number of nitrogens with zero attached hydrogens (tertiary/aromatic N) is 2. The topological polar surface area (TPSA) is 101 Å². The molecule has 1 aliphatic heterocycles. The Balaban J connectivity index is 0.000000509. The van der Waals surface area contributed by atoms with Gasteiger partial charge < -0.3 is 19.5 Å². The standard InChI is InChI=1S/C19H21ClFN3O3.C2HF3O2/c1-12-8-13(2)22-17(9-12)23-19(25)24-6-7-26-14(10-24)11-27-18-15(20)4-3-5-16(18)21;3-2(4,5)1(6)7/h3-5,8-9,14H,6-7,10-11H2,1-2H3,(H,22,23,25);(H,6,7). The maximum absolute atomic E-state index is 13.8. The minimum absolute atomic E-state index is 0.0104. The first-order valence-electron chi connectivity index (χ1n) is 9.86. The molecule has 2 heterocycles. The Labute approximate surface area is 197 Å². The average molecular weight is 508 g/mol. The highest BCUT2D eigenvalue weighted by atomic mass is 35.5. The maximum Gasteiger partial charge on any atom is 0.490 e. The maximum atomic E-state index is 13.8. The summed E-state index contributed by atoms with van der Waals surface area (Å²) in [5, 5.41) is 10.1. The number of para-hydroxylation sites is 1. The lowest BCUT2D eigenvalue weighted by atomic mass is 10.2. The number of hydrogen-bond donors (Lipinski definition) is 2. The molecule has 13 heteroatoms. The number of pyridine rings is 1. The van der Waals surface area contributed by atoms with Crippen LogP contribution in [0.25, 0.3) is 0 Å². The van der Waals surface area contributed by atoms with Crippen LogP contribution in [-0.4, -0.2) is 65.6 Å². The van der Waals surface area contributed by atoms with Crippen LogP contribution in [0.15, 0.2) is 30.3 Å². The number of carbonyl (C=O) groups excluding carboxylic acids is 1. The Bertz CT molecular complexity index is 982. The van der Waals surface area contributed by atoms with E-state index in [1.54, 1.807) is 11.0 Å². The molecule has 1 aromatic carbocycles. The number of aromatic nitrogens is 1. The van der Waals surface area contributed by atoms with Gasteiger partial charge in [0.2, 0.25) is 0 Å². The van der Waals surface area contributed by atoms with Gasteiger partial charge in [0.25, 0.3) is 0 Å². The number of alkyl halides is 3. The first-order valence-corrected chi connectivity index (χ1v) is 10.2. The number of aliphatic carboxylic acids is 1. The van der Waals surface area contributed by atoms with Gasteiger partial charge in [-0.25, -0.2) is 19.0 Å². The zero-order valence-electron chi connectivity index (χ0n) is 18.2. The van der Waals surface area contributed by atoms with Crippen molar-refractivity contribution >= 4 is 29.4 Å². The fourth-order valence-corrected chi connectivity index (χ4v) is 3.11. The van der Waals surface area contributed by atoms with Gasteiger partial charge in [-0.05, 0) is 43.7 Å². The van der Waals surface area contributed by atoms with Gasteiger partial charge in [0.15, 0.2) is 11.6 Å². The van der Waals surface area contributed by atoms with Crippen LogP contribution in [-0.2, 0) is 9.53 Å². The van der Waals surface area contributed by atoms with E-state index in [0.717, 1.165) is 11.3 Å². The summed E-state index contributed by atoms with van der Waals surface area (Å²) in [6, 6.07) is 7.83. The molecule has 2 N–H and O–H groups in total. The van der Waals surface area contributed by atoms with E-state index in [1.807, 2.05) is 26.0 Å². The highest BCUT2D eigenvalue weighted by Crippen LogP contribution is 2.27. The van der Waals surface area contributed by atoms with Crippen molar-refractivity contribution in [2.45, 2.75) is 26.1 Å². The van der Waals surface area contributed by atoms with Gasteiger partial charge in [0.05, 0.1) is 18.2 Å². The van der Waals surface area contributed by atoms with Crippen molar-refractivity contribution < 1.29 is 41.7 Å². The number of nitrogens with one attached hydrogen (secondary N) is 1. The summed E-state index contributed by atoms with van der Waals surface area (Å²) >= 11 is 5.95. The van der Waals surface area contributed by atoms with Gasteiger partial charge in [-0.2, -0.15) is 13.2 Å². The van der Waals surface area contributed by atoms with Crippen molar-refractivity contribution in [3.63, 3.8) is 0 Å². The van der Waals surface area contributed by atoms with Gasteiger partial charge in [-0.3, -0.25) is 5.32 Å². The van der Waals surface area contributed by atoms with Crippen LogP contribution in [0.5, 0.6) is 5.75 Å². The predicted molar refractivity (Wildman–Crippen MR) is 115 cm³/mol. The summed E-state index contributed by atoms with van der Waals surface area (Å²) in [6.45, 7) is 5.05. The first kappa shape index (κ1) is 27.1. The van der Waals surface area contributed by atoms with Crippen LogP contribution in [0.2, 0.25) is 5.02 Å². The number of aryl methyl sites for hydroxylation is 2. The van der Waals surface area contributed by atoms with Crippen LogP contribution < -0.4 is 10.1 Å². The van der Waals surface area contributed by atoms with E-state index in [4.69, 9.17) is 31.0 Å². The van der Waals surface area contributed by atoms with Crippen LogP contribution in [0.3, 0.4) is 0 Å². The SMILES string of the molecule is Cc1cc(C)nc(NC(=O)N2CCOC(COc3c(F)cccc3Cl)C2)c1.O=C(O)C(F)(F)F. The summed E-state index contributed by atoms with van der Waals surface area (Å²) in [5.74, 6) is -2.79. The normalized spacial score (nSPS) is 15.7. The second-order valence-electron chi connectivity index (χ2n) is 7.20. The minimum atomic E-state index is -5.08. The summed E-state index contributed by atoms with van der Waals surface area (Å²) < 4.78 is 56.6. The van der Waals surface area contributed by atoms with Crippen LogP contribution in [0.4, 0.5) is 28.2 Å². The molecule has 0 aliphatic carbocycles. The van der Waals surface area contributed by atoms with Gasteiger partial charge in [0, 0.05) is 12.2 Å². The van der Waals surface area contributed by atoms with Crippen molar-refractivity contribution in [2.24, 2.45) is 0 Å². The highest BCUT2D eigenvalue weighted by Gasteiger charge is 2.38. The lowest BCUT2D eigenvalue weighted by molar-refractivity contribution is -0.192. The molecule has 0 radical (unpaired) electrons. The van der Waals surface area contributed by atoms with Crippen molar-refractivity contribution in [2.75, 3.05) is 31.6 Å². The predicted octanol–water partition coefficient (Wildman–Crippen LogP) is 4.44. The number of carboxylic acids is 1. The fourth-order valence-electron chi connectivity index (χ4n) is 2.90. The number of halogens is 5. The number of ether oxygens (including phenoxy) is 2. The monoisotopic (exact) mass is 507 g/mol. The van der Waals surface area contributed by atoms with Crippen molar-refractivity contribution in [3.8, 4) is 5.75 Å². The highest BCUT2D eigenvalue weighted by molar-refractivity contribution is 6.32. The molecule has 2 aromatic rings. The fraction of sp³-hybridized carbons (Fsp3) is 0.381. The third-order valence-corrected chi connectivity index (χ3v) is 4.63. The summed E-state index contributed by atoms with van der Waals surface area (Å²) in [6.07, 6.45) is -5.47. The second kappa shape index (κ2) is 11.8. The quantitative estimate of drug-likeness (QED) is 0.594. The van der Waals surface area contributed by atoms with E-state index in [1.165, 1.54) is 12.1 Å². The van der Waals surface area contributed by atoms with Gasteiger partial charge in [0.1, 0.15) is 18.5 Å². The number of anilines is 1. The third kappa shape index (κ3) is 8.34. The van der Waals surface area contributed by atoms with Crippen LogP contribution in [0.1, 0.15) is 11.3 Å². The molecule has 1 unspecified atom stereocenters. The van der Waals surface area contributed by atoms with E-state index >= 15 is 0 Å². The molecule has 2 amide bonds. The molecular weight excluding hydrogens is 486 g/mol. The smallest absolute Gasteiger partial charge is 0.486 e. The molecule has 8 nitrogen and oxygen atoms in total. The molecule has 1 aliphatic rings. The van der Waals surface area contributed by atoms with E-state index < -0.39 is 18.0 Å². The van der Waals surface area contributed by atoms with E-state index in [0.29, 0.717) is 25.5 Å². The van der Waals surface area contributed by atoms with E-state index in [9.17, 15) is 22.4 Å². The molecule has 1 aromatic heterocycles. The summed E-state index contributed by atoms with van der Waals surface area (Å²) in [5.41, 5.74) is 1.85. The van der Waals surface area contributed by atoms with E-state index in [-0.39, 0.29) is 29.5 Å². The van der Waals surface area contributed by atoms with Gasteiger partial charge in [-0.1, -0.05) is 17.7 Å². The molecule has 1 saturated heterocycles. The summed E-state index contributed by atoms with van der Waals surface area (Å²) in [4.78, 5) is 27.3. The number of hydrogen-bond acceptors (Lipinski definition) is 5. The van der Waals surface area contributed by atoms with Crippen molar-refractivity contribution in [3.05, 3.63) is 52.4 Å². The molecule has 1 atom stereocenters. The Morgan fingerprint density at radius 1 is 1.32 bits per heavy atom. The molecule has 186 valence electrons. The lowest BCUT2D eigenvalue weighted by Crippen LogP contribution is -2.49. The zero-order valence-corrected chi connectivity index (χ0v) is 18.9. The van der Waals surface area contributed by atoms with Crippen molar-refractivity contribution in [1.29, 1.82) is 0 Å². The Morgan fingerprint density at radius 3 is 2.59 bits per heavy atom. The molecule has 1 fully saturated rings. The first-order chi connectivity index (χ1) is 15.9. The number of rotatable bonds is 4. The van der Waals surface area contributed by atoms with Gasteiger partial charge in [-0.15, -0.1) is 0 Å². The minimum Gasteiger partial charge on any atom is -0.486 e. The lowest BCUT2D eigenvalue weighted by Gasteiger charge is -2.32. The Morgan fingerprint density at radius 2 is 2.00 bits per heavy atom. The number of carboxylic acid groups (broad SMARTS) is 1. The number of urea groups is 1. The molecule has 0 saturated carbocycles. The number of carbonyl (C=O) groups is 2. The number of amides is 2. The number of benzene rings is 1. The molecule has 0 bridgehead atoms. The van der Waals surface area contributed by atoms with Crippen molar-refractivity contribution in [1.82, 2.24) is 9.88 Å². The third-order valence-electron chi connectivity index (χ3n) is 4.33. The number of morpholine rings is 1. The van der Waals surface area contributed by atoms with Gasteiger partial charge >= 0.3 is 18.2 Å². The Kier molecular flexibility index (Phi) is 9.45.